The number of carbonyl (C=O) groups is 1. The molecule has 1 atom stereocenters. The number of benzene rings is 1. The van der Waals surface area contributed by atoms with Crippen LogP contribution in [0.25, 0.3) is 10.9 Å². The summed E-state index contributed by atoms with van der Waals surface area (Å²) in [6.45, 7) is 3.02. The van der Waals surface area contributed by atoms with Gasteiger partial charge in [0.2, 0.25) is 10.0 Å². The highest BCUT2D eigenvalue weighted by Crippen LogP contribution is 2.35. The van der Waals surface area contributed by atoms with E-state index < -0.39 is 16.1 Å². The quantitative estimate of drug-likeness (QED) is 0.616. The van der Waals surface area contributed by atoms with E-state index >= 15 is 0 Å². The Morgan fingerprint density at radius 1 is 1.31 bits per heavy atom. The minimum Gasteiger partial charge on any atom is -0.390 e. The Morgan fingerprint density at radius 3 is 2.76 bits per heavy atom. The van der Waals surface area contributed by atoms with E-state index in [0.29, 0.717) is 30.4 Å². The molecule has 2 heterocycles. The van der Waals surface area contributed by atoms with Crippen LogP contribution in [-0.2, 0) is 23.0 Å². The van der Waals surface area contributed by atoms with Crippen molar-refractivity contribution < 1.29 is 18.3 Å². The zero-order valence-electron chi connectivity index (χ0n) is 16.8. The van der Waals surface area contributed by atoms with Crippen LogP contribution < -0.4 is 14.9 Å². The van der Waals surface area contributed by atoms with Crippen LogP contribution in [0.1, 0.15) is 35.7 Å². The van der Waals surface area contributed by atoms with Gasteiger partial charge in [0.15, 0.2) is 0 Å². The van der Waals surface area contributed by atoms with Gasteiger partial charge in [-0.1, -0.05) is 6.92 Å². The zero-order valence-corrected chi connectivity index (χ0v) is 17.6. The normalized spacial score (nSPS) is 19.2. The second-order valence-corrected chi connectivity index (χ2v) is 10.0. The summed E-state index contributed by atoms with van der Waals surface area (Å²) in [7, 11) is -1.91. The molecular formula is C20H28N4O4S. The van der Waals surface area contributed by atoms with E-state index in [4.69, 9.17) is 0 Å². The Hall–Kier alpha value is -2.10. The molecule has 1 aromatic heterocycles. The van der Waals surface area contributed by atoms with Crippen molar-refractivity contribution in [3.05, 3.63) is 29.5 Å². The molecule has 1 aliphatic carbocycles. The Kier molecular flexibility index (Phi) is 5.30. The lowest BCUT2D eigenvalue weighted by Gasteiger charge is -2.19. The van der Waals surface area contributed by atoms with Crippen LogP contribution >= 0.6 is 0 Å². The topological polar surface area (TPSA) is 104 Å². The molecule has 3 N–H and O–H groups in total. The number of nitrogens with one attached hydrogen (secondary N) is 2. The highest BCUT2D eigenvalue weighted by molar-refractivity contribution is 7.92. The van der Waals surface area contributed by atoms with Crippen LogP contribution in [0.4, 0.5) is 5.69 Å². The number of nitrogens with zero attached hydrogens (tertiary/aromatic N) is 2. The number of amides is 1. The lowest BCUT2D eigenvalue weighted by atomic mass is 10.1. The van der Waals surface area contributed by atoms with Gasteiger partial charge in [0.25, 0.3) is 5.91 Å². The van der Waals surface area contributed by atoms with E-state index in [2.05, 4.69) is 10.6 Å². The Morgan fingerprint density at radius 2 is 2.07 bits per heavy atom. The van der Waals surface area contributed by atoms with Gasteiger partial charge in [-0.2, -0.15) is 0 Å². The van der Waals surface area contributed by atoms with Gasteiger partial charge in [0.05, 0.1) is 23.1 Å². The molecule has 1 aromatic carbocycles. The number of rotatable bonds is 7. The monoisotopic (exact) mass is 420 g/mol. The number of aliphatic hydroxyl groups is 1. The van der Waals surface area contributed by atoms with Crippen molar-refractivity contribution in [3.63, 3.8) is 0 Å². The number of aryl methyl sites for hydroxylation is 2. The maximum atomic E-state index is 12.8. The highest BCUT2D eigenvalue weighted by Gasteiger charge is 2.28. The first-order chi connectivity index (χ1) is 13.8. The smallest absolute Gasteiger partial charge is 0.251 e. The molecule has 0 unspecified atom stereocenters. The minimum absolute atomic E-state index is 0.0207. The van der Waals surface area contributed by atoms with Gasteiger partial charge in [-0.15, -0.1) is 0 Å². The number of anilines is 1. The fourth-order valence-electron chi connectivity index (χ4n) is 3.79. The van der Waals surface area contributed by atoms with Crippen molar-refractivity contribution in [2.45, 2.75) is 44.9 Å². The maximum absolute atomic E-state index is 12.8. The summed E-state index contributed by atoms with van der Waals surface area (Å²) in [6.07, 6.45) is 4.38. The molecule has 0 bridgehead atoms. The first-order valence-electron chi connectivity index (χ1n) is 10.1. The first-order valence-corrected chi connectivity index (χ1v) is 11.7. The molecule has 2 aliphatic rings. The third kappa shape index (κ3) is 3.99. The fraction of sp³-hybridized carbons (Fsp3) is 0.550. The third-order valence-electron chi connectivity index (χ3n) is 5.74. The molecule has 2 aromatic rings. The SMILES string of the molecule is CCc1cn2c3c(cc(C(=O)NC[C@H](O)CNC4CC4)cc13)N(C)S(=O)(=O)CC2. The molecule has 0 radical (unpaired) electrons. The molecule has 0 spiro atoms. The van der Waals surface area contributed by atoms with Crippen LogP contribution in [0.15, 0.2) is 18.3 Å². The number of carbonyl (C=O) groups excluding carboxylic acids is 1. The number of hydrogen-bond donors (Lipinski definition) is 3. The molecule has 0 saturated heterocycles. The van der Waals surface area contributed by atoms with Crippen LogP contribution in [-0.4, -0.2) is 62.0 Å². The summed E-state index contributed by atoms with van der Waals surface area (Å²) in [4.78, 5) is 12.8. The van der Waals surface area contributed by atoms with Gasteiger partial charge in [0.1, 0.15) is 0 Å². The van der Waals surface area contributed by atoms with Gasteiger partial charge in [-0.25, -0.2) is 8.42 Å². The maximum Gasteiger partial charge on any atom is 0.251 e. The average Bonchev–Trinajstić information content (AvgIpc) is 3.48. The van der Waals surface area contributed by atoms with E-state index in [9.17, 15) is 18.3 Å². The lowest BCUT2D eigenvalue weighted by Crippen LogP contribution is -2.38. The zero-order chi connectivity index (χ0) is 20.8. The van der Waals surface area contributed by atoms with Crippen molar-refractivity contribution in [2.75, 3.05) is 30.2 Å². The number of aliphatic hydroxyl groups excluding tert-OH is 1. The molecule has 9 heteroatoms. The largest absolute Gasteiger partial charge is 0.390 e. The predicted octanol–water partition coefficient (Wildman–Crippen LogP) is 0.826. The van der Waals surface area contributed by atoms with E-state index in [1.165, 1.54) is 11.4 Å². The van der Waals surface area contributed by atoms with E-state index in [-0.39, 0.29) is 18.2 Å². The summed E-state index contributed by atoms with van der Waals surface area (Å²) in [5.41, 5.74) is 2.83. The van der Waals surface area contributed by atoms with Crippen LogP contribution in [0.3, 0.4) is 0 Å². The summed E-state index contributed by atoms with van der Waals surface area (Å²) in [5.74, 6) is -0.300. The van der Waals surface area contributed by atoms with Crippen LogP contribution in [0.2, 0.25) is 0 Å². The number of sulfonamides is 1. The summed E-state index contributed by atoms with van der Waals surface area (Å²) in [6, 6.07) is 3.95. The Balaban J connectivity index is 1.62. The number of hydrogen-bond acceptors (Lipinski definition) is 5. The van der Waals surface area contributed by atoms with Gasteiger partial charge < -0.3 is 20.3 Å². The van der Waals surface area contributed by atoms with Gasteiger partial charge in [-0.3, -0.25) is 9.10 Å². The van der Waals surface area contributed by atoms with E-state index in [0.717, 1.165) is 35.7 Å². The Bertz CT molecular complexity index is 1040. The number of aromatic nitrogens is 1. The predicted molar refractivity (Wildman–Crippen MR) is 113 cm³/mol. The third-order valence-corrected chi connectivity index (χ3v) is 7.47. The molecule has 158 valence electrons. The summed E-state index contributed by atoms with van der Waals surface area (Å²) >= 11 is 0. The Labute approximate surface area is 170 Å². The van der Waals surface area contributed by atoms with Gasteiger partial charge in [-0.05, 0) is 37.0 Å². The second kappa shape index (κ2) is 7.62. The molecular weight excluding hydrogens is 392 g/mol. The van der Waals surface area contributed by atoms with Crippen LogP contribution in [0.5, 0.6) is 0 Å². The fourth-order valence-corrected chi connectivity index (χ4v) is 4.93. The van der Waals surface area contributed by atoms with Crippen LogP contribution in [0, 0.1) is 0 Å². The molecule has 8 nitrogen and oxygen atoms in total. The molecule has 1 aliphatic heterocycles. The molecule has 29 heavy (non-hydrogen) atoms. The minimum atomic E-state index is -3.45. The molecule has 1 saturated carbocycles. The van der Waals surface area contributed by atoms with Gasteiger partial charge in [0, 0.05) is 49.9 Å². The van der Waals surface area contributed by atoms with Crippen molar-refractivity contribution in [2.24, 2.45) is 0 Å². The van der Waals surface area contributed by atoms with Crippen molar-refractivity contribution >= 4 is 32.5 Å². The molecule has 1 fully saturated rings. The van der Waals surface area contributed by atoms with Crippen molar-refractivity contribution in [3.8, 4) is 0 Å². The average molecular weight is 421 g/mol. The van der Waals surface area contributed by atoms with E-state index in [1.54, 1.807) is 6.07 Å². The standard InChI is InChI=1S/C20H28N4O4S/c1-3-13-12-24-6-7-29(27,28)23(2)18-9-14(8-17(13)19(18)24)20(26)22-11-16(25)10-21-15-4-5-15/h8-9,12,15-16,21,25H,3-7,10-11H2,1-2H3,(H,22,26)/t16-/m1/s1. The second-order valence-electron chi connectivity index (χ2n) is 7.92. The lowest BCUT2D eigenvalue weighted by molar-refractivity contribution is 0.0915. The molecule has 1 amide bonds. The molecule has 4 rings (SSSR count). The first kappa shape index (κ1) is 20.2. The van der Waals surface area contributed by atoms with Crippen molar-refractivity contribution in [1.29, 1.82) is 0 Å². The van der Waals surface area contributed by atoms with Gasteiger partial charge >= 0.3 is 0 Å². The summed E-state index contributed by atoms with van der Waals surface area (Å²) in [5, 5.41) is 17.0. The highest BCUT2D eigenvalue weighted by atomic mass is 32.2. The summed E-state index contributed by atoms with van der Waals surface area (Å²) < 4.78 is 28.4. The van der Waals surface area contributed by atoms with E-state index in [1.807, 2.05) is 23.8 Å². The van der Waals surface area contributed by atoms with Crippen molar-refractivity contribution in [1.82, 2.24) is 15.2 Å².